The van der Waals surface area contributed by atoms with Gasteiger partial charge in [-0.2, -0.15) is 0 Å². The summed E-state index contributed by atoms with van der Waals surface area (Å²) in [5.41, 5.74) is 3.27. The standard InChI is InChI=1S/C30H37N3O4S/c1-6-24(4)31-30(35)25(5)32(20-26-16-12-22(2)13-17-26)29(34)21-33(27-18-14-23(3)15-19-27)38(36,37)28-10-8-7-9-11-28/h7-19,24-25H,6,20-21H2,1-5H3,(H,31,35). The lowest BCUT2D eigenvalue weighted by Crippen LogP contribution is -2.52. The summed E-state index contributed by atoms with van der Waals surface area (Å²) in [7, 11) is -4.06. The molecule has 0 aromatic heterocycles. The third kappa shape index (κ3) is 7.22. The van der Waals surface area contributed by atoms with Gasteiger partial charge in [-0.3, -0.25) is 13.9 Å². The molecule has 0 aliphatic heterocycles. The van der Waals surface area contributed by atoms with Gasteiger partial charge < -0.3 is 10.2 Å². The molecule has 0 bridgehead atoms. The van der Waals surface area contributed by atoms with Crippen LogP contribution in [0.1, 0.15) is 43.9 Å². The van der Waals surface area contributed by atoms with Crippen LogP contribution >= 0.6 is 0 Å². The highest BCUT2D eigenvalue weighted by Crippen LogP contribution is 2.25. The second kappa shape index (κ2) is 12.7. The van der Waals surface area contributed by atoms with E-state index in [1.165, 1.54) is 17.0 Å². The minimum absolute atomic E-state index is 0.0520. The van der Waals surface area contributed by atoms with E-state index in [0.717, 1.165) is 27.4 Å². The van der Waals surface area contributed by atoms with Gasteiger partial charge in [0.25, 0.3) is 10.0 Å². The Bertz CT molecular complexity index is 1320. The number of nitrogens with zero attached hydrogens (tertiary/aromatic N) is 2. The highest BCUT2D eigenvalue weighted by Gasteiger charge is 2.32. The number of nitrogens with one attached hydrogen (secondary N) is 1. The van der Waals surface area contributed by atoms with Gasteiger partial charge in [-0.05, 0) is 63.9 Å². The number of sulfonamides is 1. The molecule has 0 fully saturated rings. The molecule has 0 saturated heterocycles. The molecule has 38 heavy (non-hydrogen) atoms. The number of amides is 2. The fourth-order valence-corrected chi connectivity index (χ4v) is 5.33. The Labute approximate surface area is 226 Å². The van der Waals surface area contributed by atoms with Crippen LogP contribution in [0.5, 0.6) is 0 Å². The zero-order valence-electron chi connectivity index (χ0n) is 22.7. The number of carbonyl (C=O) groups excluding carboxylic acids is 2. The molecule has 1 N–H and O–H groups in total. The van der Waals surface area contributed by atoms with E-state index in [0.29, 0.717) is 5.69 Å². The van der Waals surface area contributed by atoms with Crippen molar-refractivity contribution in [1.82, 2.24) is 10.2 Å². The fourth-order valence-electron chi connectivity index (χ4n) is 3.90. The smallest absolute Gasteiger partial charge is 0.264 e. The maximum Gasteiger partial charge on any atom is 0.264 e. The highest BCUT2D eigenvalue weighted by atomic mass is 32.2. The van der Waals surface area contributed by atoms with Gasteiger partial charge in [0.2, 0.25) is 11.8 Å². The maximum absolute atomic E-state index is 13.9. The summed E-state index contributed by atoms with van der Waals surface area (Å²) in [6, 6.07) is 21.9. The molecule has 7 nitrogen and oxygen atoms in total. The van der Waals surface area contributed by atoms with Gasteiger partial charge in [0.1, 0.15) is 12.6 Å². The molecule has 0 saturated carbocycles. The van der Waals surface area contributed by atoms with Crippen LogP contribution in [0.25, 0.3) is 0 Å². The Morgan fingerprint density at radius 2 is 1.39 bits per heavy atom. The van der Waals surface area contributed by atoms with Crippen molar-refractivity contribution in [3.63, 3.8) is 0 Å². The zero-order chi connectivity index (χ0) is 27.9. The number of aryl methyl sites for hydroxylation is 2. The molecular formula is C30H37N3O4S. The van der Waals surface area contributed by atoms with Gasteiger partial charge in [0.05, 0.1) is 10.6 Å². The Hall–Kier alpha value is -3.65. The van der Waals surface area contributed by atoms with Crippen molar-refractivity contribution < 1.29 is 18.0 Å². The first kappa shape index (κ1) is 28.9. The van der Waals surface area contributed by atoms with Gasteiger partial charge in [-0.15, -0.1) is 0 Å². The fraction of sp³-hybridized carbons (Fsp3) is 0.333. The van der Waals surface area contributed by atoms with E-state index >= 15 is 0 Å². The van der Waals surface area contributed by atoms with Crippen LogP contribution < -0.4 is 9.62 Å². The topological polar surface area (TPSA) is 86.8 Å². The molecular weight excluding hydrogens is 498 g/mol. The SMILES string of the molecule is CCC(C)NC(=O)C(C)N(Cc1ccc(C)cc1)C(=O)CN(c1ccc(C)cc1)S(=O)(=O)c1ccccc1. The summed E-state index contributed by atoms with van der Waals surface area (Å²) in [5.74, 6) is -0.759. The van der Waals surface area contributed by atoms with Crippen LogP contribution in [0.2, 0.25) is 0 Å². The quantitative estimate of drug-likeness (QED) is 0.381. The number of anilines is 1. The molecule has 0 aliphatic carbocycles. The predicted octanol–water partition coefficient (Wildman–Crippen LogP) is 4.83. The Morgan fingerprint density at radius 3 is 1.95 bits per heavy atom. The van der Waals surface area contributed by atoms with E-state index in [1.807, 2.05) is 52.0 Å². The molecule has 0 aliphatic rings. The lowest BCUT2D eigenvalue weighted by Gasteiger charge is -2.32. The van der Waals surface area contributed by atoms with Crippen LogP contribution in [-0.4, -0.2) is 43.8 Å². The minimum Gasteiger partial charge on any atom is -0.352 e. The third-order valence-electron chi connectivity index (χ3n) is 6.57. The van der Waals surface area contributed by atoms with Crippen molar-refractivity contribution in [3.05, 3.63) is 95.6 Å². The molecule has 2 unspecified atom stereocenters. The van der Waals surface area contributed by atoms with Crippen molar-refractivity contribution in [2.24, 2.45) is 0 Å². The number of benzene rings is 3. The van der Waals surface area contributed by atoms with Gasteiger partial charge in [0, 0.05) is 12.6 Å². The molecule has 2 amide bonds. The number of hydrogen-bond acceptors (Lipinski definition) is 4. The number of carbonyl (C=O) groups is 2. The van der Waals surface area contributed by atoms with Crippen LogP contribution in [0.15, 0.2) is 83.8 Å². The van der Waals surface area contributed by atoms with Crippen molar-refractivity contribution >= 4 is 27.5 Å². The predicted molar refractivity (Wildman–Crippen MR) is 151 cm³/mol. The average Bonchev–Trinajstić information content (AvgIpc) is 2.91. The summed E-state index contributed by atoms with van der Waals surface area (Å²) in [6.45, 7) is 9.15. The van der Waals surface area contributed by atoms with Crippen molar-refractivity contribution in [2.75, 3.05) is 10.8 Å². The molecule has 3 rings (SSSR count). The molecule has 8 heteroatoms. The Kier molecular flexibility index (Phi) is 9.69. The van der Waals surface area contributed by atoms with E-state index in [2.05, 4.69) is 5.32 Å². The average molecular weight is 536 g/mol. The van der Waals surface area contributed by atoms with Gasteiger partial charge in [0.15, 0.2) is 0 Å². The van der Waals surface area contributed by atoms with Crippen molar-refractivity contribution in [3.8, 4) is 0 Å². The lowest BCUT2D eigenvalue weighted by molar-refractivity contribution is -0.139. The number of rotatable bonds is 11. The molecule has 0 heterocycles. The van der Waals surface area contributed by atoms with Crippen LogP contribution in [-0.2, 0) is 26.2 Å². The normalized spacial score (nSPS) is 12.9. The van der Waals surface area contributed by atoms with Crippen LogP contribution in [0.4, 0.5) is 5.69 Å². The summed E-state index contributed by atoms with van der Waals surface area (Å²) in [6.07, 6.45) is 0.751. The second-order valence-electron chi connectivity index (χ2n) is 9.66. The summed E-state index contributed by atoms with van der Waals surface area (Å²) in [4.78, 5) is 28.5. The Balaban J connectivity index is 2.00. The largest absolute Gasteiger partial charge is 0.352 e. The van der Waals surface area contributed by atoms with Crippen molar-refractivity contribution in [1.29, 1.82) is 0 Å². The third-order valence-corrected chi connectivity index (χ3v) is 8.36. The molecule has 2 atom stereocenters. The molecule has 3 aromatic rings. The lowest BCUT2D eigenvalue weighted by atomic mass is 10.1. The zero-order valence-corrected chi connectivity index (χ0v) is 23.5. The van der Waals surface area contributed by atoms with E-state index in [4.69, 9.17) is 0 Å². The Morgan fingerprint density at radius 1 is 0.842 bits per heavy atom. The van der Waals surface area contributed by atoms with Crippen LogP contribution in [0.3, 0.4) is 0 Å². The summed E-state index contributed by atoms with van der Waals surface area (Å²) >= 11 is 0. The van der Waals surface area contributed by atoms with E-state index in [9.17, 15) is 18.0 Å². The molecule has 0 radical (unpaired) electrons. The van der Waals surface area contributed by atoms with E-state index in [1.54, 1.807) is 49.4 Å². The van der Waals surface area contributed by atoms with Crippen LogP contribution in [0, 0.1) is 13.8 Å². The van der Waals surface area contributed by atoms with Gasteiger partial charge in [-0.1, -0.05) is 72.6 Å². The molecule has 202 valence electrons. The highest BCUT2D eigenvalue weighted by molar-refractivity contribution is 7.92. The minimum atomic E-state index is -4.06. The summed E-state index contributed by atoms with van der Waals surface area (Å²) < 4.78 is 28.6. The molecule has 3 aromatic carbocycles. The first-order valence-electron chi connectivity index (χ1n) is 12.8. The monoisotopic (exact) mass is 535 g/mol. The summed E-state index contributed by atoms with van der Waals surface area (Å²) in [5, 5.41) is 2.94. The molecule has 0 spiro atoms. The first-order valence-corrected chi connectivity index (χ1v) is 14.3. The number of hydrogen-bond donors (Lipinski definition) is 1. The first-order chi connectivity index (χ1) is 18.0. The van der Waals surface area contributed by atoms with Gasteiger partial charge >= 0.3 is 0 Å². The second-order valence-corrected chi connectivity index (χ2v) is 11.5. The van der Waals surface area contributed by atoms with Gasteiger partial charge in [-0.25, -0.2) is 8.42 Å². The van der Waals surface area contributed by atoms with E-state index < -0.39 is 28.5 Å². The van der Waals surface area contributed by atoms with E-state index in [-0.39, 0.29) is 23.4 Å². The maximum atomic E-state index is 13.9. The van der Waals surface area contributed by atoms with Crippen molar-refractivity contribution in [2.45, 2.75) is 64.6 Å².